The minimum atomic E-state index is -0.200. The summed E-state index contributed by atoms with van der Waals surface area (Å²) in [6.07, 6.45) is 5.02. The van der Waals surface area contributed by atoms with Gasteiger partial charge in [-0.1, -0.05) is 0 Å². The van der Waals surface area contributed by atoms with Crippen LogP contribution in [0.2, 0.25) is 0 Å². The molecular formula is C12H15N5O. The number of rotatable bonds is 3. The fourth-order valence-corrected chi connectivity index (χ4v) is 2.45. The Labute approximate surface area is 104 Å². The molecule has 1 saturated carbocycles. The van der Waals surface area contributed by atoms with Gasteiger partial charge in [-0.3, -0.25) is 4.79 Å². The van der Waals surface area contributed by atoms with Crippen molar-refractivity contribution in [3.05, 3.63) is 18.6 Å². The Morgan fingerprint density at radius 1 is 1.50 bits per heavy atom. The maximum Gasteiger partial charge on any atom is 0.220 e. The molecule has 0 unspecified atom stereocenters. The van der Waals surface area contributed by atoms with Crippen LogP contribution in [0.5, 0.6) is 0 Å². The number of aromatic amines is 1. The molecule has 0 bridgehead atoms. The second-order valence-corrected chi connectivity index (χ2v) is 4.77. The normalized spacial score (nSPS) is 22.7. The number of nitrogens with one attached hydrogen (secondary N) is 1. The van der Waals surface area contributed by atoms with Crippen LogP contribution in [0.1, 0.15) is 12.8 Å². The first-order chi connectivity index (χ1) is 8.66. The Hall–Kier alpha value is -2.11. The molecule has 0 radical (unpaired) electrons. The lowest BCUT2D eigenvalue weighted by molar-refractivity contribution is -0.124. The highest BCUT2D eigenvalue weighted by Crippen LogP contribution is 2.34. The van der Waals surface area contributed by atoms with Crippen molar-refractivity contribution < 1.29 is 4.79 Å². The zero-order chi connectivity index (χ0) is 12.7. The second kappa shape index (κ2) is 3.97. The summed E-state index contributed by atoms with van der Waals surface area (Å²) in [5.74, 6) is 0.712. The average molecular weight is 245 g/mol. The molecule has 6 nitrogen and oxygen atoms in total. The van der Waals surface area contributed by atoms with E-state index in [9.17, 15) is 4.79 Å². The Kier molecular flexibility index (Phi) is 2.43. The van der Waals surface area contributed by atoms with Gasteiger partial charge in [-0.2, -0.15) is 0 Å². The van der Waals surface area contributed by atoms with E-state index in [2.05, 4.69) is 19.9 Å². The fraction of sp³-hybridized carbons (Fsp3) is 0.417. The van der Waals surface area contributed by atoms with E-state index in [1.54, 1.807) is 6.33 Å². The van der Waals surface area contributed by atoms with Gasteiger partial charge in [0.25, 0.3) is 0 Å². The minimum Gasteiger partial charge on any atom is -0.369 e. The molecular weight excluding hydrogens is 230 g/mol. The van der Waals surface area contributed by atoms with Crippen LogP contribution < -0.4 is 10.6 Å². The van der Waals surface area contributed by atoms with Gasteiger partial charge in [-0.05, 0) is 18.9 Å². The third-order valence-electron chi connectivity index (χ3n) is 3.73. The molecule has 1 aliphatic carbocycles. The molecule has 2 aromatic heterocycles. The van der Waals surface area contributed by atoms with Crippen molar-refractivity contribution >= 4 is 22.8 Å². The number of anilines is 1. The average Bonchev–Trinajstić information content (AvgIpc) is 2.73. The number of hydrogen-bond donors (Lipinski definition) is 2. The SMILES string of the molecule is CN(c1ncnc2[nH]ccc12)C1CC(C(N)=O)C1. The highest BCUT2D eigenvalue weighted by Gasteiger charge is 2.36. The van der Waals surface area contributed by atoms with Crippen LogP contribution in [0, 0.1) is 5.92 Å². The molecule has 1 aliphatic rings. The first-order valence-electron chi connectivity index (χ1n) is 5.97. The summed E-state index contributed by atoms with van der Waals surface area (Å²) < 4.78 is 0. The summed E-state index contributed by atoms with van der Waals surface area (Å²) >= 11 is 0. The van der Waals surface area contributed by atoms with E-state index in [0.717, 1.165) is 29.7 Å². The van der Waals surface area contributed by atoms with E-state index >= 15 is 0 Å². The molecule has 1 amide bonds. The minimum absolute atomic E-state index is 0.0148. The zero-order valence-corrected chi connectivity index (χ0v) is 10.1. The molecule has 94 valence electrons. The predicted molar refractivity (Wildman–Crippen MR) is 68.0 cm³/mol. The molecule has 6 heteroatoms. The van der Waals surface area contributed by atoms with Crippen LogP contribution in [0.25, 0.3) is 11.0 Å². The van der Waals surface area contributed by atoms with Crippen LogP contribution in [0.4, 0.5) is 5.82 Å². The van der Waals surface area contributed by atoms with Crippen LogP contribution in [0.15, 0.2) is 18.6 Å². The third kappa shape index (κ3) is 1.61. The smallest absolute Gasteiger partial charge is 0.220 e. The molecule has 0 aliphatic heterocycles. The summed E-state index contributed by atoms with van der Waals surface area (Å²) in [6, 6.07) is 2.29. The summed E-state index contributed by atoms with van der Waals surface area (Å²) in [4.78, 5) is 24.7. The Morgan fingerprint density at radius 2 is 2.28 bits per heavy atom. The maximum atomic E-state index is 11.0. The number of amides is 1. The topological polar surface area (TPSA) is 87.9 Å². The number of aromatic nitrogens is 3. The van der Waals surface area contributed by atoms with E-state index in [0.29, 0.717) is 6.04 Å². The van der Waals surface area contributed by atoms with E-state index in [1.807, 2.05) is 19.3 Å². The largest absolute Gasteiger partial charge is 0.369 e. The van der Waals surface area contributed by atoms with Gasteiger partial charge in [0.15, 0.2) is 0 Å². The number of primary amides is 1. The molecule has 0 saturated heterocycles. The van der Waals surface area contributed by atoms with Crippen LogP contribution >= 0.6 is 0 Å². The predicted octanol–water partition coefficient (Wildman–Crippen LogP) is 0.658. The molecule has 1 fully saturated rings. The lowest BCUT2D eigenvalue weighted by atomic mass is 9.79. The molecule has 0 atom stereocenters. The number of fused-ring (bicyclic) bond motifs is 1. The van der Waals surface area contributed by atoms with E-state index < -0.39 is 0 Å². The van der Waals surface area contributed by atoms with Gasteiger partial charge < -0.3 is 15.6 Å². The van der Waals surface area contributed by atoms with Gasteiger partial charge in [-0.15, -0.1) is 0 Å². The first-order valence-corrected chi connectivity index (χ1v) is 5.97. The molecule has 3 N–H and O–H groups in total. The van der Waals surface area contributed by atoms with Gasteiger partial charge in [0, 0.05) is 25.2 Å². The third-order valence-corrected chi connectivity index (χ3v) is 3.73. The summed E-state index contributed by atoms with van der Waals surface area (Å²) in [5.41, 5.74) is 6.12. The summed E-state index contributed by atoms with van der Waals surface area (Å²) in [5, 5.41) is 1.00. The highest BCUT2D eigenvalue weighted by molar-refractivity contribution is 5.87. The monoisotopic (exact) mass is 245 g/mol. The summed E-state index contributed by atoms with van der Waals surface area (Å²) in [6.45, 7) is 0. The fourth-order valence-electron chi connectivity index (χ4n) is 2.45. The van der Waals surface area contributed by atoms with Crippen molar-refractivity contribution in [1.82, 2.24) is 15.0 Å². The quantitative estimate of drug-likeness (QED) is 0.831. The van der Waals surface area contributed by atoms with Crippen molar-refractivity contribution in [2.45, 2.75) is 18.9 Å². The number of carbonyl (C=O) groups is 1. The molecule has 0 aromatic carbocycles. The highest BCUT2D eigenvalue weighted by atomic mass is 16.1. The van der Waals surface area contributed by atoms with E-state index in [-0.39, 0.29) is 11.8 Å². The second-order valence-electron chi connectivity index (χ2n) is 4.77. The van der Waals surface area contributed by atoms with E-state index in [4.69, 9.17) is 5.73 Å². The molecule has 2 aromatic rings. The van der Waals surface area contributed by atoms with Crippen LogP contribution in [-0.2, 0) is 4.79 Å². The Morgan fingerprint density at radius 3 is 3.00 bits per heavy atom. The van der Waals surface area contributed by atoms with Crippen molar-refractivity contribution in [3.63, 3.8) is 0 Å². The molecule has 3 rings (SSSR count). The van der Waals surface area contributed by atoms with Crippen LogP contribution in [-0.4, -0.2) is 33.9 Å². The van der Waals surface area contributed by atoms with Gasteiger partial charge >= 0.3 is 0 Å². The Bertz CT molecular complexity index is 587. The van der Waals surface area contributed by atoms with Crippen molar-refractivity contribution in [3.8, 4) is 0 Å². The zero-order valence-electron chi connectivity index (χ0n) is 10.1. The standard InChI is InChI=1S/C12H15N5O/c1-17(8-4-7(5-8)10(13)18)12-9-2-3-14-11(9)15-6-16-12/h2-3,6-8H,4-5H2,1H3,(H2,13,18)(H,14,15,16). The number of carbonyl (C=O) groups excluding carboxylic acids is 1. The van der Waals surface area contributed by atoms with Gasteiger partial charge in [0.05, 0.1) is 5.39 Å². The van der Waals surface area contributed by atoms with Gasteiger partial charge in [0.2, 0.25) is 5.91 Å². The first kappa shape index (κ1) is 11.0. The molecule has 18 heavy (non-hydrogen) atoms. The van der Waals surface area contributed by atoms with Crippen molar-refractivity contribution in [2.75, 3.05) is 11.9 Å². The number of nitrogens with two attached hydrogens (primary N) is 1. The van der Waals surface area contributed by atoms with E-state index in [1.165, 1.54) is 0 Å². The number of nitrogens with zero attached hydrogens (tertiary/aromatic N) is 3. The Balaban J connectivity index is 1.83. The molecule has 0 spiro atoms. The number of H-pyrrole nitrogens is 1. The lowest BCUT2D eigenvalue weighted by Gasteiger charge is -2.40. The number of hydrogen-bond acceptors (Lipinski definition) is 4. The summed E-state index contributed by atoms with van der Waals surface area (Å²) in [7, 11) is 2.00. The lowest BCUT2D eigenvalue weighted by Crippen LogP contribution is -2.47. The van der Waals surface area contributed by atoms with Crippen molar-refractivity contribution in [2.24, 2.45) is 11.7 Å². The van der Waals surface area contributed by atoms with Gasteiger partial charge in [-0.25, -0.2) is 9.97 Å². The van der Waals surface area contributed by atoms with Crippen molar-refractivity contribution in [1.29, 1.82) is 0 Å². The van der Waals surface area contributed by atoms with Gasteiger partial charge in [0.1, 0.15) is 17.8 Å². The van der Waals surface area contributed by atoms with Crippen LogP contribution in [0.3, 0.4) is 0 Å². The maximum absolute atomic E-state index is 11.0. The molecule has 2 heterocycles.